The summed E-state index contributed by atoms with van der Waals surface area (Å²) in [5, 5.41) is 13.7. The van der Waals surface area contributed by atoms with Crippen molar-refractivity contribution in [2.24, 2.45) is 5.92 Å². The first-order valence-corrected chi connectivity index (χ1v) is 17.7. The van der Waals surface area contributed by atoms with E-state index in [1.165, 1.54) is 0 Å². The Kier molecular flexibility index (Phi) is 6.45. The van der Waals surface area contributed by atoms with Crippen molar-refractivity contribution in [3.63, 3.8) is 0 Å². The van der Waals surface area contributed by atoms with Crippen LogP contribution >= 0.6 is 27.5 Å². The summed E-state index contributed by atoms with van der Waals surface area (Å²) in [6, 6.07) is 18.3. The van der Waals surface area contributed by atoms with Gasteiger partial charge < -0.3 is 23.9 Å². The van der Waals surface area contributed by atoms with Gasteiger partial charge in [0.1, 0.15) is 10.9 Å². The molecule has 0 radical (unpaired) electrons. The lowest BCUT2D eigenvalue weighted by atomic mass is 9.71. The van der Waals surface area contributed by atoms with E-state index in [2.05, 4.69) is 91.0 Å². The van der Waals surface area contributed by atoms with Gasteiger partial charge in [-0.3, -0.25) is 0 Å². The molecule has 3 aromatic rings. The summed E-state index contributed by atoms with van der Waals surface area (Å²) in [4.78, 5) is 6.76. The zero-order valence-corrected chi connectivity index (χ0v) is 27.3. The van der Waals surface area contributed by atoms with Crippen LogP contribution in [0.4, 0.5) is 5.69 Å². The summed E-state index contributed by atoms with van der Waals surface area (Å²) < 4.78 is 21.2. The molecule has 3 heterocycles. The van der Waals surface area contributed by atoms with E-state index in [4.69, 9.17) is 25.5 Å². The summed E-state index contributed by atoms with van der Waals surface area (Å²) in [5.74, 6) is 0.375. The summed E-state index contributed by atoms with van der Waals surface area (Å²) in [6.45, 7) is 11.8. The Balaban J connectivity index is 1.72. The molecule has 40 heavy (non-hydrogen) atoms. The molecule has 1 fully saturated rings. The summed E-state index contributed by atoms with van der Waals surface area (Å²) >= 11 is 10.1. The molecule has 6 rings (SSSR count). The predicted octanol–water partition coefficient (Wildman–Crippen LogP) is 7.24. The molecule has 1 aliphatic carbocycles. The molecule has 2 aliphatic heterocycles. The first-order valence-electron chi connectivity index (χ1n) is 13.7. The lowest BCUT2D eigenvalue weighted by Crippen LogP contribution is -2.56. The number of anilines is 1. The highest BCUT2D eigenvalue weighted by atomic mass is 79.9. The highest BCUT2D eigenvalue weighted by molar-refractivity contribution is 9.10. The molecule has 212 valence electrons. The fourth-order valence-corrected chi connectivity index (χ4v) is 8.58. The molecule has 1 saturated carbocycles. The number of aromatic nitrogens is 1. The molecule has 9 heteroatoms. The van der Waals surface area contributed by atoms with Crippen LogP contribution in [-0.2, 0) is 15.6 Å². The molecule has 0 unspecified atom stereocenters. The van der Waals surface area contributed by atoms with E-state index in [1.807, 2.05) is 24.3 Å². The third kappa shape index (κ3) is 3.76. The van der Waals surface area contributed by atoms with Crippen molar-refractivity contribution in [1.29, 1.82) is 0 Å². The maximum absolute atomic E-state index is 13.6. The van der Waals surface area contributed by atoms with Crippen LogP contribution in [0, 0.1) is 5.92 Å². The molecular formula is C31H36BrClN2O4Si. The SMILES string of the molecule is COc1nc(Cl)cc2c1[C@]1(O)[C@H](O[Si](C)(C)C(C)(C)C)[C@@H]3CN(C)c4cccc(c4)[C@H]3[C@]1(c1ccc(Br)cc1)O2. The molecule has 5 atom stereocenters. The lowest BCUT2D eigenvalue weighted by molar-refractivity contribution is -0.148. The topological polar surface area (TPSA) is 64.0 Å². The standard InChI is InChI=1S/C31H36BrClN2O4Si/c1-29(2,3)40(6,7)39-27-22-17-35(4)21-10-8-9-18(15-21)25(22)31(19-11-13-20(32)14-12-19)30(27,36)26-23(38-31)16-24(33)34-28(26)37-5/h8-16,22,25,27,36H,17H2,1-7H3/t22-,25-,27-,30+,31+/m1/s1. The fourth-order valence-electron chi connectivity index (χ4n) is 6.81. The average Bonchev–Trinajstić information content (AvgIpc) is 3.21. The van der Waals surface area contributed by atoms with Crippen molar-refractivity contribution in [1.82, 2.24) is 4.98 Å². The van der Waals surface area contributed by atoms with Crippen LogP contribution in [0.3, 0.4) is 0 Å². The normalized spacial score (nSPS) is 28.9. The second-order valence-corrected chi connectivity index (χ2v) is 18.9. The first kappa shape index (κ1) is 28.0. The van der Waals surface area contributed by atoms with Gasteiger partial charge in [0, 0.05) is 41.7 Å². The van der Waals surface area contributed by atoms with Crippen molar-refractivity contribution < 1.29 is 19.0 Å². The van der Waals surface area contributed by atoms with Gasteiger partial charge in [0.05, 0.1) is 18.8 Å². The number of rotatable bonds is 4. The second kappa shape index (κ2) is 9.20. The van der Waals surface area contributed by atoms with Crippen molar-refractivity contribution in [3.8, 4) is 11.6 Å². The van der Waals surface area contributed by atoms with Gasteiger partial charge >= 0.3 is 0 Å². The minimum absolute atomic E-state index is 0.0828. The molecule has 3 aliphatic rings. The average molecular weight is 644 g/mol. The zero-order chi connectivity index (χ0) is 28.8. The summed E-state index contributed by atoms with van der Waals surface area (Å²) in [6.07, 6.45) is -0.614. The van der Waals surface area contributed by atoms with Gasteiger partial charge in [0.15, 0.2) is 19.5 Å². The number of hydrogen-bond acceptors (Lipinski definition) is 6. The number of fused-ring (bicyclic) bond motifs is 8. The van der Waals surface area contributed by atoms with Crippen LogP contribution in [0.15, 0.2) is 59.1 Å². The zero-order valence-electron chi connectivity index (χ0n) is 24.0. The van der Waals surface area contributed by atoms with Gasteiger partial charge in [-0.15, -0.1) is 0 Å². The van der Waals surface area contributed by atoms with Crippen molar-refractivity contribution >= 4 is 41.5 Å². The smallest absolute Gasteiger partial charge is 0.224 e. The van der Waals surface area contributed by atoms with E-state index in [0.29, 0.717) is 17.9 Å². The Morgan fingerprint density at radius 1 is 1.15 bits per heavy atom. The first-order chi connectivity index (χ1) is 18.7. The third-order valence-corrected chi connectivity index (χ3v) is 14.8. The predicted molar refractivity (Wildman–Crippen MR) is 164 cm³/mol. The quantitative estimate of drug-likeness (QED) is 0.239. The maximum atomic E-state index is 13.6. The molecule has 1 N–H and O–H groups in total. The molecule has 1 aromatic heterocycles. The largest absolute Gasteiger partial charge is 0.481 e. The fraction of sp³-hybridized carbons (Fsp3) is 0.452. The van der Waals surface area contributed by atoms with E-state index >= 15 is 0 Å². The van der Waals surface area contributed by atoms with Gasteiger partial charge in [-0.2, -0.15) is 0 Å². The van der Waals surface area contributed by atoms with Gasteiger partial charge in [0.25, 0.3) is 0 Å². The van der Waals surface area contributed by atoms with Crippen molar-refractivity contribution in [2.75, 3.05) is 25.6 Å². The highest BCUT2D eigenvalue weighted by Crippen LogP contribution is 2.71. The molecule has 6 nitrogen and oxygen atoms in total. The Hall–Kier alpha value is -2.10. The van der Waals surface area contributed by atoms with Crippen LogP contribution < -0.4 is 14.4 Å². The van der Waals surface area contributed by atoms with E-state index in [9.17, 15) is 5.11 Å². The number of hydrogen-bond donors (Lipinski definition) is 1. The summed E-state index contributed by atoms with van der Waals surface area (Å²) in [5.41, 5.74) is 0.734. The Morgan fingerprint density at radius 3 is 2.50 bits per heavy atom. The van der Waals surface area contributed by atoms with Crippen LogP contribution in [0.2, 0.25) is 23.3 Å². The minimum Gasteiger partial charge on any atom is -0.481 e. The number of halogens is 2. The molecule has 2 bridgehead atoms. The number of methoxy groups -OCH3 is 1. The lowest BCUT2D eigenvalue weighted by Gasteiger charge is -2.45. The number of nitrogens with zero attached hydrogens (tertiary/aromatic N) is 2. The highest BCUT2D eigenvalue weighted by Gasteiger charge is 2.78. The molecular weight excluding hydrogens is 608 g/mol. The van der Waals surface area contributed by atoms with Crippen LogP contribution in [0.1, 0.15) is 43.4 Å². The number of pyridine rings is 1. The number of aliphatic hydroxyl groups is 1. The van der Waals surface area contributed by atoms with E-state index in [0.717, 1.165) is 21.3 Å². The second-order valence-electron chi connectivity index (χ2n) is 12.9. The Morgan fingerprint density at radius 2 is 1.85 bits per heavy atom. The van der Waals surface area contributed by atoms with E-state index in [-0.39, 0.29) is 27.9 Å². The molecule has 0 spiro atoms. The van der Waals surface area contributed by atoms with Crippen LogP contribution in [0.5, 0.6) is 11.6 Å². The number of ether oxygens (including phenoxy) is 2. The van der Waals surface area contributed by atoms with Gasteiger partial charge in [-0.1, -0.05) is 72.6 Å². The number of benzene rings is 2. The molecule has 0 amide bonds. The third-order valence-electron chi connectivity index (χ3n) is 9.65. The van der Waals surface area contributed by atoms with E-state index < -0.39 is 25.6 Å². The van der Waals surface area contributed by atoms with Gasteiger partial charge in [-0.05, 0) is 53.5 Å². The van der Waals surface area contributed by atoms with E-state index in [1.54, 1.807) is 13.2 Å². The van der Waals surface area contributed by atoms with Crippen molar-refractivity contribution in [3.05, 3.63) is 80.9 Å². The van der Waals surface area contributed by atoms with Gasteiger partial charge in [-0.25, -0.2) is 4.98 Å². The maximum Gasteiger partial charge on any atom is 0.224 e. The van der Waals surface area contributed by atoms with Crippen LogP contribution in [0.25, 0.3) is 0 Å². The monoisotopic (exact) mass is 642 g/mol. The molecule has 2 aromatic carbocycles. The van der Waals surface area contributed by atoms with Crippen molar-refractivity contribution in [2.45, 2.75) is 62.1 Å². The Labute approximate surface area is 250 Å². The summed E-state index contributed by atoms with van der Waals surface area (Å²) in [7, 11) is 1.25. The molecule has 0 saturated heterocycles. The van der Waals surface area contributed by atoms with Gasteiger partial charge in [0.2, 0.25) is 5.88 Å². The minimum atomic E-state index is -2.41. The Bertz CT molecular complexity index is 1480. The van der Waals surface area contributed by atoms with Crippen LogP contribution in [-0.4, -0.2) is 45.2 Å².